The molecular formula is C19H33IN4O3S. The normalized spacial score (nSPS) is 23.3. The van der Waals surface area contributed by atoms with E-state index in [0.717, 1.165) is 30.6 Å². The van der Waals surface area contributed by atoms with Gasteiger partial charge in [-0.15, -0.1) is 24.0 Å². The Morgan fingerprint density at radius 3 is 2.50 bits per heavy atom. The van der Waals surface area contributed by atoms with Crippen molar-refractivity contribution in [3.8, 4) is 0 Å². The van der Waals surface area contributed by atoms with Crippen molar-refractivity contribution in [3.05, 3.63) is 23.7 Å². The molecule has 9 heteroatoms. The van der Waals surface area contributed by atoms with Gasteiger partial charge in [0.05, 0.1) is 16.5 Å². The summed E-state index contributed by atoms with van der Waals surface area (Å²) in [6.07, 6.45) is 2.42. The van der Waals surface area contributed by atoms with Crippen LogP contribution in [0.25, 0.3) is 0 Å². The van der Waals surface area contributed by atoms with Gasteiger partial charge in [0.15, 0.2) is 15.8 Å². The van der Waals surface area contributed by atoms with Gasteiger partial charge in [-0.1, -0.05) is 0 Å². The standard InChI is InChI=1S/C19H32N4O3S.HI/c1-15-7-8-17(26-15)16(22-9-5-6-10-22)13-21-18(20-4)23-11-12-27(24,25)19(2,3)14-23;/h7-8,16H,5-6,9-14H2,1-4H3,(H,20,21);1H. The van der Waals surface area contributed by atoms with Gasteiger partial charge >= 0.3 is 0 Å². The van der Waals surface area contributed by atoms with Crippen LogP contribution in [0.4, 0.5) is 0 Å². The number of halogens is 1. The molecule has 2 fully saturated rings. The average molecular weight is 524 g/mol. The maximum atomic E-state index is 12.3. The van der Waals surface area contributed by atoms with Crippen molar-refractivity contribution in [1.29, 1.82) is 0 Å². The van der Waals surface area contributed by atoms with Crippen LogP contribution in [0.1, 0.15) is 44.3 Å². The number of likely N-dealkylation sites (tertiary alicyclic amines) is 1. The molecule has 1 atom stereocenters. The van der Waals surface area contributed by atoms with Gasteiger partial charge < -0.3 is 14.6 Å². The van der Waals surface area contributed by atoms with Gasteiger partial charge in [0, 0.05) is 26.7 Å². The summed E-state index contributed by atoms with van der Waals surface area (Å²) in [6, 6.07) is 4.21. The van der Waals surface area contributed by atoms with Gasteiger partial charge in [0.2, 0.25) is 0 Å². The van der Waals surface area contributed by atoms with E-state index in [9.17, 15) is 8.42 Å². The Hall–Kier alpha value is -0.810. The Morgan fingerprint density at radius 1 is 1.29 bits per heavy atom. The largest absolute Gasteiger partial charge is 0.465 e. The van der Waals surface area contributed by atoms with E-state index >= 15 is 0 Å². The Bertz CT molecular complexity index is 785. The molecule has 2 aliphatic heterocycles. The zero-order valence-electron chi connectivity index (χ0n) is 17.3. The molecule has 0 amide bonds. The highest BCUT2D eigenvalue weighted by Crippen LogP contribution is 2.27. The molecule has 0 spiro atoms. The minimum absolute atomic E-state index is 0. The summed E-state index contributed by atoms with van der Waals surface area (Å²) in [7, 11) is -1.32. The van der Waals surface area contributed by atoms with Gasteiger partial charge in [-0.3, -0.25) is 9.89 Å². The van der Waals surface area contributed by atoms with Crippen molar-refractivity contribution in [2.24, 2.45) is 4.99 Å². The van der Waals surface area contributed by atoms with Crippen LogP contribution in [-0.4, -0.2) is 74.4 Å². The fraction of sp³-hybridized carbons (Fsp3) is 0.737. The zero-order chi connectivity index (χ0) is 19.7. The molecule has 2 saturated heterocycles. The van der Waals surface area contributed by atoms with Crippen LogP contribution in [0.3, 0.4) is 0 Å². The molecule has 28 heavy (non-hydrogen) atoms. The minimum atomic E-state index is -3.07. The van der Waals surface area contributed by atoms with Crippen LogP contribution in [0.2, 0.25) is 0 Å². The Kier molecular flexibility index (Phi) is 7.83. The predicted octanol–water partition coefficient (Wildman–Crippen LogP) is 2.43. The van der Waals surface area contributed by atoms with Crippen molar-refractivity contribution >= 4 is 39.8 Å². The van der Waals surface area contributed by atoms with E-state index in [1.54, 1.807) is 20.9 Å². The molecule has 160 valence electrons. The van der Waals surface area contributed by atoms with E-state index in [-0.39, 0.29) is 35.8 Å². The maximum Gasteiger partial charge on any atom is 0.193 e. The number of sulfone groups is 1. The summed E-state index contributed by atoms with van der Waals surface area (Å²) in [5, 5.41) is 3.47. The third-order valence-corrected chi connectivity index (χ3v) is 8.21. The summed E-state index contributed by atoms with van der Waals surface area (Å²) in [4.78, 5) is 8.91. The first-order valence-electron chi connectivity index (χ1n) is 9.72. The SMILES string of the molecule is CN=C(NCC(c1ccc(C)o1)N1CCCC1)N1CCS(=O)(=O)C(C)(C)C1.I. The van der Waals surface area contributed by atoms with Gasteiger partial charge in [0.1, 0.15) is 11.5 Å². The summed E-state index contributed by atoms with van der Waals surface area (Å²) in [5.74, 6) is 2.80. The molecule has 1 N–H and O–H groups in total. The molecule has 2 aliphatic rings. The number of hydrogen-bond donors (Lipinski definition) is 1. The molecule has 0 aromatic carbocycles. The fourth-order valence-electron chi connectivity index (χ4n) is 3.94. The predicted molar refractivity (Wildman–Crippen MR) is 123 cm³/mol. The number of nitrogens with one attached hydrogen (secondary N) is 1. The first-order valence-corrected chi connectivity index (χ1v) is 11.4. The van der Waals surface area contributed by atoms with Crippen LogP contribution < -0.4 is 5.32 Å². The highest BCUT2D eigenvalue weighted by atomic mass is 127. The van der Waals surface area contributed by atoms with Crippen molar-refractivity contribution in [3.63, 3.8) is 0 Å². The number of aryl methyl sites for hydroxylation is 1. The third-order valence-electron chi connectivity index (χ3n) is 5.68. The minimum Gasteiger partial charge on any atom is -0.465 e. The molecule has 7 nitrogen and oxygen atoms in total. The van der Waals surface area contributed by atoms with E-state index in [1.807, 2.05) is 13.0 Å². The van der Waals surface area contributed by atoms with Gasteiger partial charge in [-0.2, -0.15) is 0 Å². The number of guanidine groups is 1. The maximum absolute atomic E-state index is 12.3. The molecule has 3 heterocycles. The molecule has 1 aromatic rings. The topological polar surface area (TPSA) is 78.2 Å². The Morgan fingerprint density at radius 2 is 1.96 bits per heavy atom. The quantitative estimate of drug-likeness (QED) is 0.371. The molecule has 1 unspecified atom stereocenters. The van der Waals surface area contributed by atoms with Crippen LogP contribution in [-0.2, 0) is 9.84 Å². The fourth-order valence-corrected chi connectivity index (χ4v) is 5.31. The monoisotopic (exact) mass is 524 g/mol. The van der Waals surface area contributed by atoms with Crippen molar-refractivity contribution in [1.82, 2.24) is 15.1 Å². The van der Waals surface area contributed by atoms with E-state index in [2.05, 4.69) is 26.2 Å². The second kappa shape index (κ2) is 9.34. The third kappa shape index (κ3) is 5.02. The molecular weight excluding hydrogens is 491 g/mol. The molecule has 0 aliphatic carbocycles. The Labute approximate surface area is 185 Å². The summed E-state index contributed by atoms with van der Waals surface area (Å²) < 4.78 is 29.7. The first-order chi connectivity index (χ1) is 12.7. The summed E-state index contributed by atoms with van der Waals surface area (Å²) in [5.41, 5.74) is 0. The summed E-state index contributed by atoms with van der Waals surface area (Å²) in [6.45, 7) is 9.29. The van der Waals surface area contributed by atoms with E-state index in [4.69, 9.17) is 4.42 Å². The van der Waals surface area contributed by atoms with Gasteiger partial charge in [-0.05, 0) is 58.8 Å². The second-order valence-electron chi connectivity index (χ2n) is 8.14. The van der Waals surface area contributed by atoms with Crippen LogP contribution in [0, 0.1) is 6.92 Å². The Balaban J connectivity index is 0.00000280. The second-order valence-corrected chi connectivity index (χ2v) is 10.9. The lowest BCUT2D eigenvalue weighted by atomic mass is 10.2. The molecule has 1 aromatic heterocycles. The van der Waals surface area contributed by atoms with Crippen LogP contribution in [0.5, 0.6) is 0 Å². The van der Waals surface area contributed by atoms with Crippen LogP contribution in [0.15, 0.2) is 21.5 Å². The van der Waals surface area contributed by atoms with E-state index < -0.39 is 14.6 Å². The average Bonchev–Trinajstić information content (AvgIpc) is 3.27. The number of hydrogen-bond acceptors (Lipinski definition) is 5. The molecule has 0 bridgehead atoms. The highest BCUT2D eigenvalue weighted by molar-refractivity contribution is 14.0. The van der Waals surface area contributed by atoms with Crippen molar-refractivity contribution in [2.45, 2.75) is 44.4 Å². The summed E-state index contributed by atoms with van der Waals surface area (Å²) >= 11 is 0. The van der Waals surface area contributed by atoms with E-state index in [1.165, 1.54) is 12.8 Å². The number of nitrogens with zero attached hydrogens (tertiary/aromatic N) is 3. The molecule has 3 rings (SSSR count). The van der Waals surface area contributed by atoms with Gasteiger partial charge in [0.25, 0.3) is 0 Å². The highest BCUT2D eigenvalue weighted by Gasteiger charge is 2.41. The first kappa shape index (κ1) is 23.5. The van der Waals surface area contributed by atoms with Gasteiger partial charge in [-0.25, -0.2) is 8.42 Å². The number of furan rings is 1. The molecule has 0 saturated carbocycles. The van der Waals surface area contributed by atoms with E-state index in [0.29, 0.717) is 19.6 Å². The number of rotatable bonds is 4. The molecule has 0 radical (unpaired) electrons. The lowest BCUT2D eigenvalue weighted by Crippen LogP contribution is -2.57. The van der Waals surface area contributed by atoms with Crippen molar-refractivity contribution < 1.29 is 12.8 Å². The van der Waals surface area contributed by atoms with Crippen LogP contribution >= 0.6 is 24.0 Å². The zero-order valence-corrected chi connectivity index (χ0v) is 20.4. The smallest absolute Gasteiger partial charge is 0.193 e. The number of aliphatic imine (C=N–C) groups is 1. The lowest BCUT2D eigenvalue weighted by molar-refractivity contribution is 0.211. The lowest BCUT2D eigenvalue weighted by Gasteiger charge is -2.39. The van der Waals surface area contributed by atoms with Crippen molar-refractivity contribution in [2.75, 3.05) is 45.5 Å².